The molecule has 24 heavy (non-hydrogen) atoms. The van der Waals surface area contributed by atoms with Gasteiger partial charge in [0.25, 0.3) is 0 Å². The quantitative estimate of drug-likeness (QED) is 0.643. The maximum atomic E-state index is 6.26. The van der Waals surface area contributed by atoms with Gasteiger partial charge in [0, 0.05) is 21.8 Å². The number of aryl methyl sites for hydroxylation is 1. The first-order valence-corrected chi connectivity index (χ1v) is 8.63. The number of ether oxygens (including phenoxy) is 1. The fourth-order valence-corrected chi connectivity index (χ4v) is 3.70. The third-order valence-corrected chi connectivity index (χ3v) is 4.93. The second-order valence-electron chi connectivity index (χ2n) is 5.90. The molecular formula is C19H16Cl2N2O. The van der Waals surface area contributed by atoms with E-state index in [0.29, 0.717) is 15.8 Å². The second-order valence-corrected chi connectivity index (χ2v) is 6.75. The Bertz CT molecular complexity index is 940. The lowest BCUT2D eigenvalue weighted by molar-refractivity contribution is 0.415. The number of benzene rings is 2. The van der Waals surface area contributed by atoms with Crippen LogP contribution in [0.5, 0.6) is 5.75 Å². The third-order valence-electron chi connectivity index (χ3n) is 4.39. The van der Waals surface area contributed by atoms with Gasteiger partial charge in [-0.3, -0.25) is 4.98 Å². The van der Waals surface area contributed by atoms with Crippen molar-refractivity contribution < 1.29 is 4.74 Å². The van der Waals surface area contributed by atoms with Crippen LogP contribution in [0.3, 0.4) is 0 Å². The fraction of sp³-hybridized carbons (Fsp3) is 0.211. The Hall–Kier alpha value is -1.97. The summed E-state index contributed by atoms with van der Waals surface area (Å²) in [5.41, 5.74) is 5.41. The second kappa shape index (κ2) is 6.15. The van der Waals surface area contributed by atoms with E-state index in [1.54, 1.807) is 7.11 Å². The van der Waals surface area contributed by atoms with Crippen LogP contribution in [0.1, 0.15) is 17.7 Å². The number of fused-ring (bicyclic) bond motifs is 2. The first kappa shape index (κ1) is 15.6. The molecule has 0 bridgehead atoms. The highest BCUT2D eigenvalue weighted by Gasteiger charge is 2.20. The summed E-state index contributed by atoms with van der Waals surface area (Å²) in [5, 5.41) is 5.85. The average molecular weight is 359 g/mol. The van der Waals surface area contributed by atoms with Crippen LogP contribution in [0.15, 0.2) is 36.4 Å². The van der Waals surface area contributed by atoms with Crippen molar-refractivity contribution in [2.75, 3.05) is 12.4 Å². The van der Waals surface area contributed by atoms with Gasteiger partial charge < -0.3 is 10.1 Å². The highest BCUT2D eigenvalue weighted by Crippen LogP contribution is 2.38. The number of rotatable bonds is 3. The molecule has 0 radical (unpaired) electrons. The number of anilines is 2. The monoisotopic (exact) mass is 358 g/mol. The molecule has 0 saturated heterocycles. The minimum Gasteiger partial charge on any atom is -0.495 e. The van der Waals surface area contributed by atoms with Crippen molar-refractivity contribution in [1.82, 2.24) is 4.98 Å². The Kier molecular flexibility index (Phi) is 3.99. The fourth-order valence-electron chi connectivity index (χ4n) is 3.27. The minimum atomic E-state index is 0.579. The van der Waals surface area contributed by atoms with Crippen molar-refractivity contribution in [2.24, 2.45) is 0 Å². The van der Waals surface area contributed by atoms with Crippen LogP contribution >= 0.6 is 23.2 Å². The van der Waals surface area contributed by atoms with Gasteiger partial charge in [-0.25, -0.2) is 0 Å². The summed E-state index contributed by atoms with van der Waals surface area (Å²) in [6.45, 7) is 0. The van der Waals surface area contributed by atoms with Gasteiger partial charge in [0.1, 0.15) is 5.75 Å². The lowest BCUT2D eigenvalue weighted by atomic mass is 10.1. The normalized spacial score (nSPS) is 13.1. The number of pyridine rings is 1. The molecule has 1 aliphatic carbocycles. The van der Waals surface area contributed by atoms with Gasteiger partial charge in [-0.1, -0.05) is 23.2 Å². The molecule has 2 aromatic carbocycles. The minimum absolute atomic E-state index is 0.579. The van der Waals surface area contributed by atoms with Crippen molar-refractivity contribution in [1.29, 1.82) is 0 Å². The summed E-state index contributed by atoms with van der Waals surface area (Å²) in [7, 11) is 1.61. The van der Waals surface area contributed by atoms with Gasteiger partial charge in [0.15, 0.2) is 0 Å². The maximum Gasteiger partial charge on any atom is 0.137 e. The molecule has 0 unspecified atom stereocenters. The molecule has 3 nitrogen and oxygen atoms in total. The number of hydrogen-bond donors (Lipinski definition) is 1. The summed E-state index contributed by atoms with van der Waals surface area (Å²) in [5.74, 6) is 0.662. The van der Waals surface area contributed by atoms with Crippen molar-refractivity contribution >= 4 is 45.5 Å². The van der Waals surface area contributed by atoms with Gasteiger partial charge in [0.05, 0.1) is 23.3 Å². The lowest BCUT2D eigenvalue weighted by Crippen LogP contribution is -2.00. The topological polar surface area (TPSA) is 34.1 Å². The molecule has 4 rings (SSSR count). The zero-order chi connectivity index (χ0) is 16.7. The van der Waals surface area contributed by atoms with Crippen LogP contribution in [-0.4, -0.2) is 12.1 Å². The van der Waals surface area contributed by atoms with E-state index in [4.69, 9.17) is 32.9 Å². The predicted octanol–water partition coefficient (Wildman–Crippen LogP) is 5.78. The van der Waals surface area contributed by atoms with Crippen molar-refractivity contribution in [3.63, 3.8) is 0 Å². The molecule has 0 spiro atoms. The van der Waals surface area contributed by atoms with Crippen LogP contribution in [0.2, 0.25) is 10.0 Å². The number of halogens is 2. The van der Waals surface area contributed by atoms with Gasteiger partial charge in [0.2, 0.25) is 0 Å². The summed E-state index contributed by atoms with van der Waals surface area (Å²) < 4.78 is 5.22. The molecule has 0 saturated carbocycles. The Morgan fingerprint density at radius 1 is 1.08 bits per heavy atom. The highest BCUT2D eigenvalue weighted by molar-refractivity contribution is 6.32. The Morgan fingerprint density at radius 3 is 2.75 bits per heavy atom. The summed E-state index contributed by atoms with van der Waals surface area (Å²) in [4.78, 5) is 4.80. The average Bonchev–Trinajstić information content (AvgIpc) is 3.03. The first-order chi connectivity index (χ1) is 11.7. The van der Waals surface area contributed by atoms with Crippen LogP contribution in [0.25, 0.3) is 10.9 Å². The van der Waals surface area contributed by atoms with Crippen molar-refractivity contribution in [3.8, 4) is 5.75 Å². The van der Waals surface area contributed by atoms with Gasteiger partial charge >= 0.3 is 0 Å². The molecule has 0 fully saturated rings. The van der Waals surface area contributed by atoms with Crippen molar-refractivity contribution in [3.05, 3.63) is 57.7 Å². The van der Waals surface area contributed by atoms with E-state index in [-0.39, 0.29) is 0 Å². The Morgan fingerprint density at radius 2 is 1.96 bits per heavy atom. The van der Waals surface area contributed by atoms with E-state index in [1.807, 2.05) is 36.4 Å². The van der Waals surface area contributed by atoms with Crippen LogP contribution < -0.4 is 10.1 Å². The van der Waals surface area contributed by atoms with E-state index in [1.165, 1.54) is 11.3 Å². The zero-order valence-electron chi connectivity index (χ0n) is 13.2. The van der Waals surface area contributed by atoms with Crippen molar-refractivity contribution in [2.45, 2.75) is 19.3 Å². The number of nitrogens with one attached hydrogen (secondary N) is 1. The smallest absolute Gasteiger partial charge is 0.137 e. The lowest BCUT2D eigenvalue weighted by Gasteiger charge is -2.16. The molecule has 5 heteroatoms. The van der Waals surface area contributed by atoms with E-state index < -0.39 is 0 Å². The van der Waals surface area contributed by atoms with E-state index in [2.05, 4.69) is 5.32 Å². The predicted molar refractivity (Wildman–Crippen MR) is 100 cm³/mol. The van der Waals surface area contributed by atoms with Gasteiger partial charge in [-0.05, 0) is 61.2 Å². The Labute approximate surface area is 150 Å². The molecule has 1 aromatic heterocycles. The summed E-state index contributed by atoms with van der Waals surface area (Å²) >= 11 is 12.5. The molecule has 0 amide bonds. The Balaban J connectivity index is 1.86. The first-order valence-electron chi connectivity index (χ1n) is 7.87. The third kappa shape index (κ3) is 2.68. The molecule has 1 aliphatic rings. The summed E-state index contributed by atoms with van der Waals surface area (Å²) in [6.07, 6.45) is 3.17. The molecule has 122 valence electrons. The number of methoxy groups -OCH3 is 1. The largest absolute Gasteiger partial charge is 0.495 e. The van der Waals surface area contributed by atoms with Gasteiger partial charge in [-0.15, -0.1) is 0 Å². The standard InChI is InChI=1S/C19H16Cl2N2O/c1-24-18-8-6-12(10-15(18)21)22-19-13-3-2-4-16(13)23-17-7-5-11(20)9-14(17)19/h5-10H,2-4H2,1H3,(H,22,23). The van der Waals surface area contributed by atoms with Gasteiger partial charge in [-0.2, -0.15) is 0 Å². The molecule has 3 aromatic rings. The molecular weight excluding hydrogens is 343 g/mol. The SMILES string of the molecule is COc1ccc(Nc2c3c(nc4ccc(Cl)cc24)CCC3)cc1Cl. The number of nitrogens with zero attached hydrogens (tertiary/aromatic N) is 1. The number of hydrogen-bond acceptors (Lipinski definition) is 3. The molecule has 0 aliphatic heterocycles. The maximum absolute atomic E-state index is 6.26. The molecule has 0 atom stereocenters. The van der Waals surface area contributed by atoms with E-state index in [9.17, 15) is 0 Å². The van der Waals surface area contributed by atoms with Crippen LogP contribution in [-0.2, 0) is 12.8 Å². The highest BCUT2D eigenvalue weighted by atomic mass is 35.5. The van der Waals surface area contributed by atoms with Crippen LogP contribution in [0.4, 0.5) is 11.4 Å². The molecule has 1 heterocycles. The summed E-state index contributed by atoms with van der Waals surface area (Å²) in [6, 6.07) is 11.5. The zero-order valence-corrected chi connectivity index (χ0v) is 14.7. The van der Waals surface area contributed by atoms with E-state index >= 15 is 0 Å². The van der Waals surface area contributed by atoms with Crippen LogP contribution in [0, 0.1) is 0 Å². The number of aromatic nitrogens is 1. The van der Waals surface area contributed by atoms with E-state index in [0.717, 1.165) is 41.5 Å². The molecule has 1 N–H and O–H groups in total.